The predicted molar refractivity (Wildman–Crippen MR) is 232 cm³/mol. The first-order valence-electron chi connectivity index (χ1n) is 19.4. The molecule has 6 heteroatoms. The lowest BCUT2D eigenvalue weighted by atomic mass is 10.0. The van der Waals surface area contributed by atoms with Crippen LogP contribution in [0.1, 0.15) is 29.0 Å². The predicted octanol–water partition coefficient (Wildman–Crippen LogP) is 12.6. The van der Waals surface area contributed by atoms with Gasteiger partial charge in [0.2, 0.25) is 0 Å². The van der Waals surface area contributed by atoms with E-state index in [1.54, 1.807) is 0 Å². The zero-order valence-corrected chi connectivity index (χ0v) is 30.7. The Morgan fingerprint density at radius 3 is 1.72 bits per heavy atom. The highest BCUT2D eigenvalue weighted by Gasteiger charge is 2.27. The van der Waals surface area contributed by atoms with Crippen LogP contribution >= 0.6 is 0 Å². The van der Waals surface area contributed by atoms with Gasteiger partial charge in [-0.15, -0.1) is 0 Å². The van der Waals surface area contributed by atoms with Crippen LogP contribution in [0.3, 0.4) is 0 Å². The number of nitrogens with one attached hydrogen (secondary N) is 2. The maximum Gasteiger partial charge on any atom is 0.146 e. The van der Waals surface area contributed by atoms with Crippen molar-refractivity contribution < 1.29 is 8.83 Å². The smallest absolute Gasteiger partial charge is 0.146 e. The fraction of sp³-hybridized carbons (Fsp3) is 0.0392. The van der Waals surface area contributed by atoms with Crippen molar-refractivity contribution in [2.24, 2.45) is 4.99 Å². The molecule has 2 unspecified atom stereocenters. The molecule has 3 aromatic heterocycles. The summed E-state index contributed by atoms with van der Waals surface area (Å²) in [5.41, 5.74) is 11.9. The van der Waals surface area contributed by atoms with Gasteiger partial charge in [-0.3, -0.25) is 5.32 Å². The largest absolute Gasteiger partial charge is 0.455 e. The summed E-state index contributed by atoms with van der Waals surface area (Å²) in [5.74, 6) is 0.786. The first-order valence-corrected chi connectivity index (χ1v) is 19.4. The fourth-order valence-electron chi connectivity index (χ4n) is 8.82. The van der Waals surface area contributed by atoms with Gasteiger partial charge in [-0.2, -0.15) is 0 Å². The van der Waals surface area contributed by atoms with E-state index >= 15 is 0 Å². The molecular weight excluding hydrogens is 701 g/mol. The van der Waals surface area contributed by atoms with Gasteiger partial charge in [-0.25, -0.2) is 4.99 Å². The SMILES string of the molecule is c1ccc(C2N=C(c3cccc4c3oc3cc(-c5cccc6c5oc5cc(-n7c8ccccc8c8ccccc87)ccc56)ccc34)NC(c3ccccc3)N2)cc1. The third kappa shape index (κ3) is 5.04. The third-order valence-electron chi connectivity index (χ3n) is 11.5. The Hall–Kier alpha value is -7.41. The molecule has 0 radical (unpaired) electrons. The van der Waals surface area contributed by atoms with Crippen LogP contribution in [0.25, 0.3) is 82.5 Å². The van der Waals surface area contributed by atoms with E-state index in [0.717, 1.165) is 83.2 Å². The average Bonchev–Trinajstić information content (AvgIpc) is 3.96. The van der Waals surface area contributed by atoms with Gasteiger partial charge in [0.05, 0.1) is 16.6 Å². The summed E-state index contributed by atoms with van der Waals surface area (Å²) in [5, 5.41) is 14.1. The third-order valence-corrected chi connectivity index (χ3v) is 11.5. The van der Waals surface area contributed by atoms with Gasteiger partial charge in [0.1, 0.15) is 40.5 Å². The molecule has 270 valence electrons. The number of nitrogens with zero attached hydrogens (tertiary/aromatic N) is 2. The van der Waals surface area contributed by atoms with Crippen molar-refractivity contribution in [3.63, 3.8) is 0 Å². The lowest BCUT2D eigenvalue weighted by molar-refractivity contribution is 0.409. The second-order valence-corrected chi connectivity index (χ2v) is 14.8. The molecule has 11 aromatic rings. The van der Waals surface area contributed by atoms with E-state index in [1.165, 1.54) is 21.8 Å². The van der Waals surface area contributed by atoms with Crippen LogP contribution in [0.2, 0.25) is 0 Å². The standard InChI is InChI=1S/C51H34N4O2/c1-3-13-31(14-4-1)49-52-50(32-15-5-2-6-16-32)54-51(53-49)42-22-12-21-41-38-27-25-33(29-45(38)56-48(41)42)35-19-11-20-40-39-28-26-34(30-46(39)57-47(35)40)55-43-23-9-7-17-36(43)37-18-8-10-24-44(37)55/h1-30,49-50,52H,(H,53,54). The first kappa shape index (κ1) is 31.9. The number of hydrogen-bond donors (Lipinski definition) is 2. The number of amidine groups is 1. The molecule has 12 rings (SSSR count). The van der Waals surface area contributed by atoms with E-state index < -0.39 is 0 Å². The molecule has 0 saturated carbocycles. The van der Waals surface area contributed by atoms with E-state index in [0.29, 0.717) is 0 Å². The zero-order valence-electron chi connectivity index (χ0n) is 30.7. The number of benzene rings is 8. The van der Waals surface area contributed by atoms with Crippen LogP contribution in [0.15, 0.2) is 196 Å². The van der Waals surface area contributed by atoms with Crippen LogP contribution in [-0.4, -0.2) is 10.4 Å². The summed E-state index contributed by atoms with van der Waals surface area (Å²) in [6, 6.07) is 63.7. The maximum atomic E-state index is 6.80. The van der Waals surface area contributed by atoms with Crippen LogP contribution < -0.4 is 10.6 Å². The summed E-state index contributed by atoms with van der Waals surface area (Å²) in [6.07, 6.45) is -0.376. The van der Waals surface area contributed by atoms with Gasteiger partial charge in [0.15, 0.2) is 0 Å². The van der Waals surface area contributed by atoms with E-state index in [2.05, 4.69) is 185 Å². The molecule has 0 aliphatic carbocycles. The number of rotatable bonds is 5. The second kappa shape index (κ2) is 12.6. The van der Waals surface area contributed by atoms with Crippen LogP contribution in [-0.2, 0) is 0 Å². The Morgan fingerprint density at radius 1 is 0.456 bits per heavy atom. The Labute approximate surface area is 327 Å². The molecule has 8 aromatic carbocycles. The van der Waals surface area contributed by atoms with E-state index in [-0.39, 0.29) is 12.3 Å². The van der Waals surface area contributed by atoms with Crippen molar-refractivity contribution in [1.29, 1.82) is 0 Å². The maximum absolute atomic E-state index is 6.80. The normalized spacial score (nSPS) is 15.9. The quantitative estimate of drug-likeness (QED) is 0.185. The Balaban J connectivity index is 0.963. The molecule has 0 saturated heterocycles. The van der Waals surface area contributed by atoms with Crippen LogP contribution in [0.4, 0.5) is 0 Å². The van der Waals surface area contributed by atoms with Gasteiger partial charge in [-0.05, 0) is 59.2 Å². The summed E-state index contributed by atoms with van der Waals surface area (Å²) in [7, 11) is 0. The lowest BCUT2D eigenvalue weighted by Crippen LogP contribution is -2.45. The molecule has 2 atom stereocenters. The number of furan rings is 2. The van der Waals surface area contributed by atoms with Crippen molar-refractivity contribution in [2.75, 3.05) is 0 Å². The van der Waals surface area contributed by atoms with Crippen molar-refractivity contribution in [2.45, 2.75) is 12.3 Å². The van der Waals surface area contributed by atoms with Crippen LogP contribution in [0, 0.1) is 0 Å². The Morgan fingerprint density at radius 2 is 1.02 bits per heavy atom. The summed E-state index contributed by atoms with van der Waals surface area (Å²) >= 11 is 0. The second-order valence-electron chi connectivity index (χ2n) is 14.8. The minimum absolute atomic E-state index is 0.141. The van der Waals surface area contributed by atoms with Gasteiger partial charge in [0.25, 0.3) is 0 Å². The number of aromatic nitrogens is 1. The minimum Gasteiger partial charge on any atom is -0.455 e. The topological polar surface area (TPSA) is 67.6 Å². The van der Waals surface area contributed by atoms with Crippen molar-refractivity contribution in [3.8, 4) is 16.8 Å². The monoisotopic (exact) mass is 734 g/mol. The number of fused-ring (bicyclic) bond motifs is 9. The molecule has 0 spiro atoms. The molecule has 1 aliphatic rings. The molecule has 2 N–H and O–H groups in total. The van der Waals surface area contributed by atoms with E-state index in [1.807, 2.05) is 12.1 Å². The molecular formula is C51H34N4O2. The number of para-hydroxylation sites is 4. The Bertz CT molecular complexity index is 3320. The Kier molecular flexibility index (Phi) is 7.03. The lowest BCUT2D eigenvalue weighted by Gasteiger charge is -2.32. The molecule has 4 heterocycles. The van der Waals surface area contributed by atoms with Gasteiger partial charge in [0, 0.05) is 49.6 Å². The molecule has 57 heavy (non-hydrogen) atoms. The first-order chi connectivity index (χ1) is 28.2. The number of aliphatic imine (C=N–C) groups is 1. The van der Waals surface area contributed by atoms with Gasteiger partial charge < -0.3 is 18.7 Å². The zero-order chi connectivity index (χ0) is 37.5. The molecule has 0 amide bonds. The van der Waals surface area contributed by atoms with Gasteiger partial charge in [-0.1, -0.05) is 133 Å². The van der Waals surface area contributed by atoms with E-state index in [9.17, 15) is 0 Å². The average molecular weight is 735 g/mol. The number of hydrogen-bond acceptors (Lipinski definition) is 5. The molecule has 6 nitrogen and oxygen atoms in total. The fourth-order valence-corrected chi connectivity index (χ4v) is 8.82. The highest BCUT2D eigenvalue weighted by molar-refractivity contribution is 6.16. The van der Waals surface area contributed by atoms with Crippen molar-refractivity contribution in [1.82, 2.24) is 15.2 Å². The molecule has 0 bridgehead atoms. The van der Waals surface area contributed by atoms with Crippen LogP contribution in [0.5, 0.6) is 0 Å². The summed E-state index contributed by atoms with van der Waals surface area (Å²) in [4.78, 5) is 5.21. The highest BCUT2D eigenvalue weighted by atomic mass is 16.3. The summed E-state index contributed by atoms with van der Waals surface area (Å²) in [6.45, 7) is 0. The van der Waals surface area contributed by atoms with Crippen molar-refractivity contribution >= 4 is 71.5 Å². The molecule has 1 aliphatic heterocycles. The summed E-state index contributed by atoms with van der Waals surface area (Å²) < 4.78 is 15.9. The molecule has 0 fully saturated rings. The minimum atomic E-state index is -0.235. The highest BCUT2D eigenvalue weighted by Crippen LogP contribution is 2.41. The van der Waals surface area contributed by atoms with Crippen molar-refractivity contribution in [3.05, 3.63) is 199 Å². The van der Waals surface area contributed by atoms with E-state index in [4.69, 9.17) is 13.8 Å². The van der Waals surface area contributed by atoms with Gasteiger partial charge >= 0.3 is 0 Å².